The molecule has 1 aromatic heterocycles. The summed E-state index contributed by atoms with van der Waals surface area (Å²) in [5.41, 5.74) is 0.648. The van der Waals surface area contributed by atoms with Crippen LogP contribution in [0.15, 0.2) is 38.6 Å². The fourth-order valence-electron chi connectivity index (χ4n) is 1.55. The molecule has 0 saturated carbocycles. The maximum Gasteiger partial charge on any atom is 0.203 e. The number of halogens is 2. The van der Waals surface area contributed by atoms with E-state index in [0.29, 0.717) is 17.0 Å². The van der Waals surface area contributed by atoms with Gasteiger partial charge in [0.2, 0.25) is 5.78 Å². The molecule has 0 atom stereocenters. The Morgan fingerprint density at radius 3 is 2.74 bits per heavy atom. The SMILES string of the molecule is CCCOc1cccc(C(=O)c2cc(Br)c(Br)s2)c1. The molecule has 0 aliphatic heterocycles. The lowest BCUT2D eigenvalue weighted by Gasteiger charge is -2.05. The molecule has 19 heavy (non-hydrogen) atoms. The molecule has 0 unspecified atom stereocenters. The predicted molar refractivity (Wildman–Crippen MR) is 85.4 cm³/mol. The first kappa shape index (κ1) is 14.8. The monoisotopic (exact) mass is 402 g/mol. The number of ketones is 1. The Balaban J connectivity index is 2.23. The minimum absolute atomic E-state index is 0.0124. The van der Waals surface area contributed by atoms with Crippen LogP contribution in [-0.4, -0.2) is 12.4 Å². The molecular weight excluding hydrogens is 392 g/mol. The zero-order valence-electron chi connectivity index (χ0n) is 10.3. The zero-order valence-corrected chi connectivity index (χ0v) is 14.3. The Kier molecular flexibility index (Phi) is 5.19. The highest BCUT2D eigenvalue weighted by Gasteiger charge is 2.14. The summed E-state index contributed by atoms with van der Waals surface area (Å²) in [4.78, 5) is 13.1. The van der Waals surface area contributed by atoms with E-state index in [9.17, 15) is 4.79 Å². The van der Waals surface area contributed by atoms with Crippen molar-refractivity contribution >= 4 is 49.0 Å². The molecule has 100 valence electrons. The lowest BCUT2D eigenvalue weighted by Crippen LogP contribution is -2.00. The van der Waals surface area contributed by atoms with Gasteiger partial charge in [0, 0.05) is 10.0 Å². The zero-order chi connectivity index (χ0) is 13.8. The Bertz CT molecular complexity index is 573. The molecule has 0 radical (unpaired) electrons. The van der Waals surface area contributed by atoms with Gasteiger partial charge in [-0.2, -0.15) is 0 Å². The van der Waals surface area contributed by atoms with E-state index in [4.69, 9.17) is 4.74 Å². The normalized spacial score (nSPS) is 10.5. The number of thiophene rings is 1. The van der Waals surface area contributed by atoms with Crippen LogP contribution in [-0.2, 0) is 0 Å². The summed E-state index contributed by atoms with van der Waals surface area (Å²) in [6, 6.07) is 9.14. The van der Waals surface area contributed by atoms with Gasteiger partial charge in [0.25, 0.3) is 0 Å². The lowest BCUT2D eigenvalue weighted by atomic mass is 10.1. The van der Waals surface area contributed by atoms with Crippen molar-refractivity contribution in [2.45, 2.75) is 13.3 Å². The predicted octanol–water partition coefficient (Wildman–Crippen LogP) is 5.29. The van der Waals surface area contributed by atoms with Crippen molar-refractivity contribution in [1.29, 1.82) is 0 Å². The third kappa shape index (κ3) is 3.68. The van der Waals surface area contributed by atoms with Crippen molar-refractivity contribution in [3.8, 4) is 5.75 Å². The van der Waals surface area contributed by atoms with Gasteiger partial charge in [-0.3, -0.25) is 4.79 Å². The van der Waals surface area contributed by atoms with Crippen molar-refractivity contribution in [2.75, 3.05) is 6.61 Å². The Hall–Kier alpha value is -0.650. The molecule has 2 rings (SSSR count). The van der Waals surface area contributed by atoms with Gasteiger partial charge in [-0.25, -0.2) is 0 Å². The molecule has 0 spiro atoms. The van der Waals surface area contributed by atoms with Gasteiger partial charge in [-0.05, 0) is 56.5 Å². The van der Waals surface area contributed by atoms with Crippen molar-refractivity contribution in [2.24, 2.45) is 0 Å². The molecule has 0 aliphatic carbocycles. The first-order valence-electron chi connectivity index (χ1n) is 5.84. The average Bonchev–Trinajstić information content (AvgIpc) is 2.76. The second kappa shape index (κ2) is 6.68. The highest BCUT2D eigenvalue weighted by atomic mass is 79.9. The smallest absolute Gasteiger partial charge is 0.203 e. The van der Waals surface area contributed by atoms with E-state index in [1.54, 1.807) is 6.07 Å². The van der Waals surface area contributed by atoms with Crippen LogP contribution < -0.4 is 4.74 Å². The number of benzene rings is 1. The van der Waals surface area contributed by atoms with Crippen LogP contribution in [0.4, 0.5) is 0 Å². The molecule has 0 N–H and O–H groups in total. The summed E-state index contributed by atoms with van der Waals surface area (Å²) in [7, 11) is 0. The first-order valence-corrected chi connectivity index (χ1v) is 8.24. The number of carbonyl (C=O) groups is 1. The topological polar surface area (TPSA) is 26.3 Å². The highest BCUT2D eigenvalue weighted by molar-refractivity contribution is 9.13. The number of hydrogen-bond acceptors (Lipinski definition) is 3. The fourth-order valence-corrected chi connectivity index (χ4v) is 3.55. The maximum atomic E-state index is 12.4. The molecular formula is C14H12Br2O2S. The molecule has 1 heterocycles. The van der Waals surface area contributed by atoms with Crippen molar-refractivity contribution in [3.63, 3.8) is 0 Å². The summed E-state index contributed by atoms with van der Waals surface area (Å²) >= 11 is 8.21. The van der Waals surface area contributed by atoms with Gasteiger partial charge in [0.1, 0.15) is 5.75 Å². The van der Waals surface area contributed by atoms with E-state index in [-0.39, 0.29) is 5.78 Å². The minimum atomic E-state index is 0.0124. The second-order valence-corrected chi connectivity index (χ2v) is 7.16. The summed E-state index contributed by atoms with van der Waals surface area (Å²) in [5.74, 6) is 0.751. The lowest BCUT2D eigenvalue weighted by molar-refractivity contribution is 0.104. The van der Waals surface area contributed by atoms with Gasteiger partial charge < -0.3 is 4.74 Å². The third-order valence-electron chi connectivity index (χ3n) is 2.44. The van der Waals surface area contributed by atoms with Gasteiger partial charge in [-0.15, -0.1) is 11.3 Å². The molecule has 2 nitrogen and oxygen atoms in total. The number of carbonyl (C=O) groups excluding carboxylic acids is 1. The van der Waals surface area contributed by atoms with Gasteiger partial charge in [-0.1, -0.05) is 19.1 Å². The molecule has 0 bridgehead atoms. The molecule has 0 aliphatic rings. The van der Waals surface area contributed by atoms with Crippen LogP contribution in [0.1, 0.15) is 28.6 Å². The van der Waals surface area contributed by atoms with E-state index in [1.165, 1.54) is 11.3 Å². The number of ether oxygens (including phenoxy) is 1. The third-order valence-corrected chi connectivity index (χ3v) is 5.69. The van der Waals surface area contributed by atoms with Gasteiger partial charge in [0.15, 0.2) is 0 Å². The van der Waals surface area contributed by atoms with Crippen LogP contribution in [0.3, 0.4) is 0 Å². The van der Waals surface area contributed by atoms with Crippen LogP contribution >= 0.6 is 43.2 Å². The summed E-state index contributed by atoms with van der Waals surface area (Å²) < 4.78 is 7.37. The van der Waals surface area contributed by atoms with E-state index < -0.39 is 0 Å². The Labute approximate surface area is 133 Å². The van der Waals surface area contributed by atoms with Crippen molar-refractivity contribution in [1.82, 2.24) is 0 Å². The van der Waals surface area contributed by atoms with E-state index in [0.717, 1.165) is 20.4 Å². The molecule has 1 aromatic carbocycles. The molecule has 2 aromatic rings. The van der Waals surface area contributed by atoms with Crippen molar-refractivity contribution < 1.29 is 9.53 Å². The maximum absolute atomic E-state index is 12.4. The summed E-state index contributed by atoms with van der Waals surface area (Å²) in [6.07, 6.45) is 0.947. The fraction of sp³-hybridized carbons (Fsp3) is 0.214. The van der Waals surface area contributed by atoms with E-state index in [2.05, 4.69) is 38.8 Å². The number of hydrogen-bond donors (Lipinski definition) is 0. The average molecular weight is 404 g/mol. The van der Waals surface area contributed by atoms with Gasteiger partial charge >= 0.3 is 0 Å². The second-order valence-electron chi connectivity index (χ2n) is 3.94. The Morgan fingerprint density at radius 1 is 1.32 bits per heavy atom. The van der Waals surface area contributed by atoms with Crippen LogP contribution in [0.2, 0.25) is 0 Å². The van der Waals surface area contributed by atoms with Crippen LogP contribution in [0.25, 0.3) is 0 Å². The summed E-state index contributed by atoms with van der Waals surface area (Å²) in [6.45, 7) is 2.71. The van der Waals surface area contributed by atoms with Gasteiger partial charge in [0.05, 0.1) is 15.3 Å². The quantitative estimate of drug-likeness (QED) is 0.633. The molecule has 0 amide bonds. The largest absolute Gasteiger partial charge is 0.494 e. The van der Waals surface area contributed by atoms with Crippen LogP contribution in [0, 0.1) is 0 Å². The summed E-state index contributed by atoms with van der Waals surface area (Å²) in [5, 5.41) is 0. The first-order chi connectivity index (χ1) is 9.11. The van der Waals surface area contributed by atoms with Crippen molar-refractivity contribution in [3.05, 3.63) is 49.0 Å². The van der Waals surface area contributed by atoms with E-state index in [1.807, 2.05) is 24.3 Å². The molecule has 0 fully saturated rings. The highest BCUT2D eigenvalue weighted by Crippen LogP contribution is 2.33. The Morgan fingerprint density at radius 2 is 2.11 bits per heavy atom. The molecule has 5 heteroatoms. The van der Waals surface area contributed by atoms with Crippen LogP contribution in [0.5, 0.6) is 5.75 Å². The molecule has 0 saturated heterocycles. The number of rotatable bonds is 5. The standard InChI is InChI=1S/C14H12Br2O2S/c1-2-6-18-10-5-3-4-9(7-10)13(17)12-8-11(15)14(16)19-12/h3-5,7-8H,2,6H2,1H3. The van der Waals surface area contributed by atoms with E-state index >= 15 is 0 Å². The minimum Gasteiger partial charge on any atom is -0.494 e.